The van der Waals surface area contributed by atoms with E-state index in [-0.39, 0.29) is 6.61 Å². The van der Waals surface area contributed by atoms with E-state index < -0.39 is 0 Å². The Kier molecular flexibility index (Phi) is 2.36. The molecule has 4 nitrogen and oxygen atoms in total. The number of nitrogens with zero attached hydrogens (tertiary/aromatic N) is 2. The summed E-state index contributed by atoms with van der Waals surface area (Å²) in [4.78, 5) is 10.1. The van der Waals surface area contributed by atoms with Gasteiger partial charge in [-0.15, -0.1) is 0 Å². The van der Waals surface area contributed by atoms with Gasteiger partial charge in [-0.3, -0.25) is 4.79 Å². The lowest BCUT2D eigenvalue weighted by molar-refractivity contribution is -0.129. The van der Waals surface area contributed by atoms with E-state index in [0.717, 1.165) is 16.5 Å². The van der Waals surface area contributed by atoms with Gasteiger partial charge in [-0.05, 0) is 6.07 Å². The molecule has 0 aliphatic carbocycles. The van der Waals surface area contributed by atoms with Gasteiger partial charge in [0.25, 0.3) is 6.47 Å². The van der Waals surface area contributed by atoms with Gasteiger partial charge in [-0.25, -0.2) is 0 Å². The van der Waals surface area contributed by atoms with Crippen LogP contribution in [-0.4, -0.2) is 16.7 Å². The van der Waals surface area contributed by atoms with E-state index in [1.807, 2.05) is 24.3 Å². The predicted octanol–water partition coefficient (Wildman–Crippen LogP) is 1.30. The molecule has 0 saturated heterocycles. The first-order chi connectivity index (χ1) is 6.92. The molecule has 1 aromatic heterocycles. The summed E-state index contributed by atoms with van der Waals surface area (Å²) in [7, 11) is 0. The number of hydrogen-bond donors (Lipinski definition) is 0. The average Bonchev–Trinajstić information content (AvgIpc) is 2.26. The monoisotopic (exact) mass is 188 g/mol. The number of ether oxygens (including phenoxy) is 1. The third-order valence-electron chi connectivity index (χ3n) is 1.94. The molecule has 0 aliphatic heterocycles. The van der Waals surface area contributed by atoms with Gasteiger partial charge in [0.05, 0.1) is 11.7 Å². The van der Waals surface area contributed by atoms with Gasteiger partial charge < -0.3 is 4.74 Å². The molecule has 0 spiro atoms. The highest BCUT2D eigenvalue weighted by molar-refractivity contribution is 5.80. The van der Waals surface area contributed by atoms with Crippen molar-refractivity contribution in [1.29, 1.82) is 0 Å². The van der Waals surface area contributed by atoms with Gasteiger partial charge >= 0.3 is 0 Å². The molecule has 0 saturated carbocycles. The van der Waals surface area contributed by atoms with E-state index in [2.05, 4.69) is 14.9 Å². The number of rotatable bonds is 3. The smallest absolute Gasteiger partial charge is 0.293 e. The first-order valence-electron chi connectivity index (χ1n) is 4.16. The first-order valence-corrected chi connectivity index (χ1v) is 4.16. The van der Waals surface area contributed by atoms with Gasteiger partial charge in [-0.2, -0.15) is 10.2 Å². The number of benzene rings is 1. The van der Waals surface area contributed by atoms with Gasteiger partial charge in [-0.1, -0.05) is 18.2 Å². The molecule has 2 aromatic rings. The van der Waals surface area contributed by atoms with Crippen molar-refractivity contribution < 1.29 is 9.53 Å². The standard InChI is InChI=1S/C10H8N2O2/c13-7-14-6-9-3-1-2-8-4-5-11-12-10(8)9/h1-5,7H,6H2. The Hall–Kier alpha value is -1.97. The zero-order chi connectivity index (χ0) is 9.80. The zero-order valence-corrected chi connectivity index (χ0v) is 7.38. The van der Waals surface area contributed by atoms with Crippen LogP contribution in [0.15, 0.2) is 30.5 Å². The molecule has 2 rings (SSSR count). The van der Waals surface area contributed by atoms with Crippen molar-refractivity contribution in [3.63, 3.8) is 0 Å². The van der Waals surface area contributed by atoms with Crippen LogP contribution in [0.25, 0.3) is 10.9 Å². The Bertz CT molecular complexity index is 451. The minimum Gasteiger partial charge on any atom is -0.463 e. The summed E-state index contributed by atoms with van der Waals surface area (Å²) in [5, 5.41) is 8.77. The van der Waals surface area contributed by atoms with Crippen molar-refractivity contribution in [3.05, 3.63) is 36.0 Å². The topological polar surface area (TPSA) is 52.1 Å². The number of aromatic nitrogens is 2. The molecule has 70 valence electrons. The summed E-state index contributed by atoms with van der Waals surface area (Å²) in [6, 6.07) is 7.56. The second-order valence-electron chi connectivity index (χ2n) is 2.79. The van der Waals surface area contributed by atoms with Crippen LogP contribution in [-0.2, 0) is 16.1 Å². The van der Waals surface area contributed by atoms with Crippen molar-refractivity contribution >= 4 is 17.4 Å². The van der Waals surface area contributed by atoms with Crippen LogP contribution in [0.3, 0.4) is 0 Å². The highest BCUT2D eigenvalue weighted by Gasteiger charge is 2.01. The normalized spacial score (nSPS) is 10.0. The predicted molar refractivity (Wildman–Crippen MR) is 50.4 cm³/mol. The summed E-state index contributed by atoms with van der Waals surface area (Å²) in [6.45, 7) is 0.661. The van der Waals surface area contributed by atoms with Crippen molar-refractivity contribution in [3.8, 4) is 0 Å². The lowest BCUT2D eigenvalue weighted by atomic mass is 10.1. The SMILES string of the molecule is O=COCc1cccc2ccnnc12. The highest BCUT2D eigenvalue weighted by Crippen LogP contribution is 2.15. The van der Waals surface area contributed by atoms with E-state index in [9.17, 15) is 4.79 Å². The van der Waals surface area contributed by atoms with Gasteiger partial charge in [0.15, 0.2) is 0 Å². The van der Waals surface area contributed by atoms with Crippen molar-refractivity contribution in [1.82, 2.24) is 10.2 Å². The lowest BCUT2D eigenvalue weighted by Crippen LogP contribution is -1.94. The first kappa shape index (κ1) is 8.62. The van der Waals surface area contributed by atoms with Gasteiger partial charge in [0.2, 0.25) is 0 Å². The Morgan fingerprint density at radius 3 is 3.14 bits per heavy atom. The molecule has 0 unspecified atom stereocenters. The van der Waals surface area contributed by atoms with E-state index in [1.54, 1.807) is 6.20 Å². The number of hydrogen-bond acceptors (Lipinski definition) is 4. The van der Waals surface area contributed by atoms with Crippen LogP contribution in [0, 0.1) is 0 Å². The summed E-state index contributed by atoms with van der Waals surface area (Å²) >= 11 is 0. The molecule has 0 bridgehead atoms. The molecule has 0 atom stereocenters. The molecule has 0 N–H and O–H groups in total. The molecule has 0 fully saturated rings. The molecule has 4 heteroatoms. The molecular formula is C10H8N2O2. The van der Waals surface area contributed by atoms with E-state index in [4.69, 9.17) is 0 Å². The van der Waals surface area contributed by atoms with Crippen molar-refractivity contribution in [2.24, 2.45) is 0 Å². The van der Waals surface area contributed by atoms with E-state index >= 15 is 0 Å². The summed E-state index contributed by atoms with van der Waals surface area (Å²) in [6.07, 6.45) is 1.63. The van der Waals surface area contributed by atoms with Gasteiger partial charge in [0.1, 0.15) is 6.61 Å². The minimum atomic E-state index is 0.236. The summed E-state index contributed by atoms with van der Waals surface area (Å²) < 4.78 is 4.68. The second-order valence-corrected chi connectivity index (χ2v) is 2.79. The Labute approximate surface area is 80.5 Å². The largest absolute Gasteiger partial charge is 0.463 e. The Morgan fingerprint density at radius 2 is 2.29 bits per heavy atom. The van der Waals surface area contributed by atoms with Crippen LogP contribution in [0.5, 0.6) is 0 Å². The molecular weight excluding hydrogens is 180 g/mol. The van der Waals surface area contributed by atoms with Crippen LogP contribution in [0.2, 0.25) is 0 Å². The van der Waals surface area contributed by atoms with Crippen LogP contribution < -0.4 is 0 Å². The van der Waals surface area contributed by atoms with Crippen LogP contribution in [0.1, 0.15) is 5.56 Å². The summed E-state index contributed by atoms with van der Waals surface area (Å²) in [5.41, 5.74) is 1.64. The lowest BCUT2D eigenvalue weighted by Gasteiger charge is -2.02. The second kappa shape index (κ2) is 3.83. The number of carbonyl (C=O) groups excluding carboxylic acids is 1. The van der Waals surface area contributed by atoms with Crippen molar-refractivity contribution in [2.75, 3.05) is 0 Å². The fourth-order valence-electron chi connectivity index (χ4n) is 1.31. The maximum Gasteiger partial charge on any atom is 0.293 e. The number of carbonyl (C=O) groups is 1. The highest BCUT2D eigenvalue weighted by atomic mass is 16.5. The minimum absolute atomic E-state index is 0.236. The van der Waals surface area contributed by atoms with Gasteiger partial charge in [0, 0.05) is 10.9 Å². The fourth-order valence-corrected chi connectivity index (χ4v) is 1.31. The molecule has 1 heterocycles. The Balaban J connectivity index is 2.48. The third kappa shape index (κ3) is 1.54. The zero-order valence-electron chi connectivity index (χ0n) is 7.38. The molecule has 1 aromatic carbocycles. The van der Waals surface area contributed by atoms with Crippen molar-refractivity contribution in [2.45, 2.75) is 6.61 Å². The third-order valence-corrected chi connectivity index (χ3v) is 1.94. The van der Waals surface area contributed by atoms with Crippen LogP contribution >= 0.6 is 0 Å². The van der Waals surface area contributed by atoms with E-state index in [0.29, 0.717) is 6.47 Å². The Morgan fingerprint density at radius 1 is 1.36 bits per heavy atom. The maximum atomic E-state index is 10.1. The maximum absolute atomic E-state index is 10.1. The molecule has 0 amide bonds. The quantitative estimate of drug-likeness (QED) is 0.681. The molecule has 14 heavy (non-hydrogen) atoms. The van der Waals surface area contributed by atoms with E-state index in [1.165, 1.54) is 0 Å². The number of fused-ring (bicyclic) bond motifs is 1. The van der Waals surface area contributed by atoms with Crippen LogP contribution in [0.4, 0.5) is 0 Å². The fraction of sp³-hybridized carbons (Fsp3) is 0.100. The summed E-state index contributed by atoms with van der Waals surface area (Å²) in [5.74, 6) is 0. The molecule has 0 aliphatic rings. The average molecular weight is 188 g/mol. The molecule has 0 radical (unpaired) electrons.